The van der Waals surface area contributed by atoms with E-state index in [-0.39, 0.29) is 12.0 Å². The molecule has 1 fully saturated rings. The minimum Gasteiger partial charge on any atom is -0.377 e. The van der Waals surface area contributed by atoms with Crippen molar-refractivity contribution in [2.24, 2.45) is 11.8 Å². The molecule has 0 unspecified atom stereocenters. The Morgan fingerprint density at radius 3 is 2.70 bits per heavy atom. The second-order valence-electron chi connectivity index (χ2n) is 3.17. The standard InChI is InChI=1S/C8H14O2/c1-6(2)8-7(5-9)3-4-10-8/h5-8H,3-4H2,1-2H3/t7-,8+/m0/s1. The zero-order chi connectivity index (χ0) is 7.56. The Hall–Kier alpha value is -0.370. The van der Waals surface area contributed by atoms with E-state index in [4.69, 9.17) is 4.74 Å². The van der Waals surface area contributed by atoms with Crippen LogP contribution >= 0.6 is 0 Å². The SMILES string of the molecule is CC(C)[C@H]1OCC[C@H]1C=O. The van der Waals surface area contributed by atoms with Crippen molar-refractivity contribution >= 4 is 6.29 Å². The molecule has 0 aliphatic carbocycles. The lowest BCUT2D eigenvalue weighted by atomic mass is 9.94. The number of rotatable bonds is 2. The third-order valence-electron chi connectivity index (χ3n) is 2.02. The van der Waals surface area contributed by atoms with Gasteiger partial charge in [-0.05, 0) is 12.3 Å². The van der Waals surface area contributed by atoms with Crippen molar-refractivity contribution in [3.8, 4) is 0 Å². The van der Waals surface area contributed by atoms with Gasteiger partial charge in [0, 0.05) is 12.5 Å². The highest BCUT2D eigenvalue weighted by Gasteiger charge is 2.29. The Balaban J connectivity index is 2.49. The molecule has 0 amide bonds. The summed E-state index contributed by atoms with van der Waals surface area (Å²) in [5.74, 6) is 0.623. The number of carbonyl (C=O) groups is 1. The molecule has 2 atom stereocenters. The third-order valence-corrected chi connectivity index (χ3v) is 2.02. The van der Waals surface area contributed by atoms with E-state index in [1.54, 1.807) is 0 Å². The minimum atomic E-state index is 0.153. The van der Waals surface area contributed by atoms with Crippen molar-refractivity contribution in [1.82, 2.24) is 0 Å². The lowest BCUT2D eigenvalue weighted by Gasteiger charge is -2.16. The molecule has 2 nitrogen and oxygen atoms in total. The van der Waals surface area contributed by atoms with Gasteiger partial charge in [-0.2, -0.15) is 0 Å². The van der Waals surface area contributed by atoms with E-state index in [2.05, 4.69) is 13.8 Å². The molecule has 1 rings (SSSR count). The van der Waals surface area contributed by atoms with Gasteiger partial charge in [0.15, 0.2) is 0 Å². The Bertz CT molecular complexity index is 120. The number of hydrogen-bond acceptors (Lipinski definition) is 2. The fourth-order valence-corrected chi connectivity index (χ4v) is 1.46. The number of hydrogen-bond donors (Lipinski definition) is 0. The normalized spacial score (nSPS) is 33.1. The van der Waals surface area contributed by atoms with E-state index in [0.717, 1.165) is 19.3 Å². The molecular formula is C8H14O2. The second-order valence-corrected chi connectivity index (χ2v) is 3.17. The van der Waals surface area contributed by atoms with Gasteiger partial charge in [-0.15, -0.1) is 0 Å². The summed E-state index contributed by atoms with van der Waals surface area (Å²) in [5.41, 5.74) is 0. The zero-order valence-corrected chi connectivity index (χ0v) is 6.54. The summed E-state index contributed by atoms with van der Waals surface area (Å²) in [4.78, 5) is 10.4. The maximum absolute atomic E-state index is 10.4. The van der Waals surface area contributed by atoms with Crippen LogP contribution in [-0.4, -0.2) is 19.0 Å². The van der Waals surface area contributed by atoms with E-state index >= 15 is 0 Å². The lowest BCUT2D eigenvalue weighted by Crippen LogP contribution is -2.23. The van der Waals surface area contributed by atoms with Gasteiger partial charge in [-0.3, -0.25) is 0 Å². The molecule has 2 heteroatoms. The van der Waals surface area contributed by atoms with Crippen LogP contribution < -0.4 is 0 Å². The quantitative estimate of drug-likeness (QED) is 0.542. The summed E-state index contributed by atoms with van der Waals surface area (Å²) in [5, 5.41) is 0. The van der Waals surface area contributed by atoms with Crippen LogP contribution in [0.1, 0.15) is 20.3 Å². The number of aldehydes is 1. The van der Waals surface area contributed by atoms with Crippen LogP contribution in [0.3, 0.4) is 0 Å². The van der Waals surface area contributed by atoms with Crippen LogP contribution in [0.25, 0.3) is 0 Å². The summed E-state index contributed by atoms with van der Waals surface area (Å²) in [6.07, 6.45) is 2.11. The molecule has 0 spiro atoms. The highest BCUT2D eigenvalue weighted by Crippen LogP contribution is 2.24. The van der Waals surface area contributed by atoms with Crippen LogP contribution in [0.15, 0.2) is 0 Å². The van der Waals surface area contributed by atoms with Gasteiger partial charge in [0.25, 0.3) is 0 Å². The second kappa shape index (κ2) is 3.15. The van der Waals surface area contributed by atoms with E-state index in [1.165, 1.54) is 0 Å². The molecular weight excluding hydrogens is 128 g/mol. The molecule has 0 aromatic carbocycles. The minimum absolute atomic E-state index is 0.153. The average Bonchev–Trinajstić information content (AvgIpc) is 2.33. The first-order valence-electron chi connectivity index (χ1n) is 3.82. The monoisotopic (exact) mass is 142 g/mol. The van der Waals surface area contributed by atoms with Gasteiger partial charge in [0.2, 0.25) is 0 Å². The lowest BCUT2D eigenvalue weighted by molar-refractivity contribution is -0.113. The smallest absolute Gasteiger partial charge is 0.125 e. The molecule has 1 aliphatic heterocycles. The van der Waals surface area contributed by atoms with Gasteiger partial charge < -0.3 is 9.53 Å². The van der Waals surface area contributed by atoms with E-state index < -0.39 is 0 Å². The van der Waals surface area contributed by atoms with Crippen molar-refractivity contribution in [2.75, 3.05) is 6.61 Å². The highest BCUT2D eigenvalue weighted by atomic mass is 16.5. The van der Waals surface area contributed by atoms with Gasteiger partial charge in [-0.25, -0.2) is 0 Å². The molecule has 0 aromatic rings. The molecule has 0 N–H and O–H groups in total. The van der Waals surface area contributed by atoms with E-state index in [9.17, 15) is 4.79 Å². The molecule has 1 saturated heterocycles. The molecule has 0 bridgehead atoms. The zero-order valence-electron chi connectivity index (χ0n) is 6.54. The van der Waals surface area contributed by atoms with E-state index in [0.29, 0.717) is 5.92 Å². The van der Waals surface area contributed by atoms with Gasteiger partial charge >= 0.3 is 0 Å². The van der Waals surface area contributed by atoms with Crippen LogP contribution in [0.2, 0.25) is 0 Å². The van der Waals surface area contributed by atoms with Crippen LogP contribution in [-0.2, 0) is 9.53 Å². The average molecular weight is 142 g/mol. The topological polar surface area (TPSA) is 26.3 Å². The van der Waals surface area contributed by atoms with Crippen LogP contribution in [0.4, 0.5) is 0 Å². The summed E-state index contributed by atoms with van der Waals surface area (Å²) < 4.78 is 5.39. The van der Waals surface area contributed by atoms with Crippen LogP contribution in [0.5, 0.6) is 0 Å². The molecule has 58 valence electrons. The Kier molecular flexibility index (Phi) is 2.44. The van der Waals surface area contributed by atoms with Crippen molar-refractivity contribution in [1.29, 1.82) is 0 Å². The van der Waals surface area contributed by atoms with Gasteiger partial charge in [0.1, 0.15) is 6.29 Å². The van der Waals surface area contributed by atoms with Gasteiger partial charge in [-0.1, -0.05) is 13.8 Å². The van der Waals surface area contributed by atoms with Crippen molar-refractivity contribution in [3.63, 3.8) is 0 Å². The van der Waals surface area contributed by atoms with E-state index in [1.807, 2.05) is 0 Å². The predicted octanol–water partition coefficient (Wildman–Crippen LogP) is 1.25. The molecule has 1 aliphatic rings. The molecule has 0 aromatic heterocycles. The van der Waals surface area contributed by atoms with Gasteiger partial charge in [0.05, 0.1) is 6.10 Å². The Labute approximate surface area is 61.6 Å². The maximum atomic E-state index is 10.4. The molecule has 10 heavy (non-hydrogen) atoms. The first-order chi connectivity index (χ1) is 4.75. The largest absolute Gasteiger partial charge is 0.377 e. The Morgan fingerprint density at radius 2 is 2.30 bits per heavy atom. The molecule has 0 radical (unpaired) electrons. The predicted molar refractivity (Wildman–Crippen MR) is 38.7 cm³/mol. The first-order valence-corrected chi connectivity index (χ1v) is 3.82. The maximum Gasteiger partial charge on any atom is 0.125 e. The summed E-state index contributed by atoms with van der Waals surface area (Å²) >= 11 is 0. The Morgan fingerprint density at radius 1 is 1.60 bits per heavy atom. The highest BCUT2D eigenvalue weighted by molar-refractivity contribution is 5.55. The summed E-state index contributed by atoms with van der Waals surface area (Å²) in [6.45, 7) is 4.94. The van der Waals surface area contributed by atoms with Crippen molar-refractivity contribution in [2.45, 2.75) is 26.4 Å². The molecule has 1 heterocycles. The summed E-state index contributed by atoms with van der Waals surface area (Å²) in [7, 11) is 0. The fraction of sp³-hybridized carbons (Fsp3) is 0.875. The summed E-state index contributed by atoms with van der Waals surface area (Å²) in [6, 6.07) is 0. The fourth-order valence-electron chi connectivity index (χ4n) is 1.46. The number of ether oxygens (including phenoxy) is 1. The molecule has 0 saturated carbocycles. The number of carbonyl (C=O) groups excluding carboxylic acids is 1. The van der Waals surface area contributed by atoms with Crippen molar-refractivity contribution in [3.05, 3.63) is 0 Å². The van der Waals surface area contributed by atoms with Crippen molar-refractivity contribution < 1.29 is 9.53 Å². The third kappa shape index (κ3) is 1.37. The van der Waals surface area contributed by atoms with Crippen LogP contribution in [0, 0.1) is 11.8 Å². The first kappa shape index (κ1) is 7.73.